The highest BCUT2D eigenvalue weighted by atomic mass is 32.2. The van der Waals surface area contributed by atoms with Crippen LogP contribution < -0.4 is 0 Å². The molecule has 0 radical (unpaired) electrons. The standard InChI is InChI=1S/C34H47NO3S/c1-4-6-7-8-9-10-11-12-13-14-15-16-17-18-19-20-21-25-28-39-31(5-2)33(36)35-29(3)32(38-34(35)37)30-26-23-22-24-27-30/h6-7,9-10,12-13,15-16,18-19,22-24,26-27,29,31-32H,4-5,8,11,14,17,20-21,25,28H2,1-3H3/t29-,31+,32-/m0/s1. The van der Waals surface area contributed by atoms with Crippen LogP contribution in [0.15, 0.2) is 91.1 Å². The highest BCUT2D eigenvalue weighted by Gasteiger charge is 2.44. The van der Waals surface area contributed by atoms with Crippen molar-refractivity contribution < 1.29 is 14.3 Å². The van der Waals surface area contributed by atoms with Crippen molar-refractivity contribution in [3.63, 3.8) is 0 Å². The van der Waals surface area contributed by atoms with Crippen molar-refractivity contribution in [1.82, 2.24) is 4.90 Å². The Balaban J connectivity index is 1.57. The second-order valence-electron chi connectivity index (χ2n) is 9.64. The SMILES string of the molecule is CCC=CCC=CCC=CCC=CCC=CCCCCS[C@H](CC)C(=O)N1C(=O)O[C@H](c2ccccc2)[C@@H]1C. The lowest BCUT2D eigenvalue weighted by molar-refractivity contribution is -0.128. The summed E-state index contributed by atoms with van der Waals surface area (Å²) < 4.78 is 5.57. The van der Waals surface area contributed by atoms with Gasteiger partial charge in [-0.05, 0) is 76.0 Å². The van der Waals surface area contributed by atoms with E-state index < -0.39 is 12.2 Å². The monoisotopic (exact) mass is 549 g/mol. The summed E-state index contributed by atoms with van der Waals surface area (Å²) in [5.41, 5.74) is 0.921. The summed E-state index contributed by atoms with van der Waals surface area (Å²) in [6, 6.07) is 9.34. The second kappa shape index (κ2) is 20.2. The Labute approximate surface area is 241 Å². The van der Waals surface area contributed by atoms with Gasteiger partial charge in [0.1, 0.15) is 6.10 Å². The molecule has 1 aromatic carbocycles. The van der Waals surface area contributed by atoms with Gasteiger partial charge in [0.25, 0.3) is 0 Å². The van der Waals surface area contributed by atoms with Gasteiger partial charge in [-0.1, -0.05) is 105 Å². The maximum Gasteiger partial charge on any atom is 0.417 e. The van der Waals surface area contributed by atoms with E-state index >= 15 is 0 Å². The van der Waals surface area contributed by atoms with E-state index in [1.807, 2.05) is 44.2 Å². The van der Waals surface area contributed by atoms with Gasteiger partial charge in [-0.3, -0.25) is 4.79 Å². The Hall–Kier alpha value is -2.79. The maximum absolute atomic E-state index is 13.2. The molecule has 2 amide bonds. The number of imide groups is 1. The number of cyclic esters (lactones) is 1. The topological polar surface area (TPSA) is 46.6 Å². The van der Waals surface area contributed by atoms with Crippen LogP contribution >= 0.6 is 11.8 Å². The van der Waals surface area contributed by atoms with Gasteiger partial charge in [-0.2, -0.15) is 0 Å². The summed E-state index contributed by atoms with van der Waals surface area (Å²) >= 11 is 1.66. The number of benzene rings is 1. The molecule has 2 rings (SSSR count). The predicted molar refractivity (Wildman–Crippen MR) is 167 cm³/mol. The van der Waals surface area contributed by atoms with Crippen molar-refractivity contribution in [3.8, 4) is 0 Å². The number of hydrogen-bond donors (Lipinski definition) is 0. The van der Waals surface area contributed by atoms with E-state index in [0.717, 1.165) is 62.7 Å². The van der Waals surface area contributed by atoms with Crippen molar-refractivity contribution in [2.45, 2.75) is 96.0 Å². The van der Waals surface area contributed by atoms with Crippen LogP contribution in [0.3, 0.4) is 0 Å². The van der Waals surface area contributed by atoms with E-state index in [0.29, 0.717) is 6.42 Å². The zero-order chi connectivity index (χ0) is 28.1. The molecule has 0 aliphatic carbocycles. The van der Waals surface area contributed by atoms with Crippen LogP contribution in [0.4, 0.5) is 4.79 Å². The minimum Gasteiger partial charge on any atom is -0.439 e. The zero-order valence-corrected chi connectivity index (χ0v) is 24.9. The maximum atomic E-state index is 13.2. The van der Waals surface area contributed by atoms with Gasteiger partial charge in [0.2, 0.25) is 5.91 Å². The quantitative estimate of drug-likeness (QED) is 0.135. The second-order valence-corrected chi connectivity index (χ2v) is 10.9. The molecule has 0 saturated carbocycles. The first-order valence-corrected chi connectivity index (χ1v) is 15.6. The zero-order valence-electron chi connectivity index (χ0n) is 24.0. The van der Waals surface area contributed by atoms with Gasteiger partial charge in [0, 0.05) is 0 Å². The third-order valence-corrected chi connectivity index (χ3v) is 7.99. The molecule has 1 fully saturated rings. The van der Waals surface area contributed by atoms with Gasteiger partial charge in [0.05, 0.1) is 11.3 Å². The van der Waals surface area contributed by atoms with E-state index in [-0.39, 0.29) is 17.2 Å². The average molecular weight is 550 g/mol. The van der Waals surface area contributed by atoms with Gasteiger partial charge in [-0.25, -0.2) is 9.69 Å². The van der Waals surface area contributed by atoms with Crippen molar-refractivity contribution in [2.24, 2.45) is 0 Å². The molecule has 212 valence electrons. The van der Waals surface area contributed by atoms with Crippen LogP contribution in [-0.4, -0.2) is 33.9 Å². The Morgan fingerprint density at radius 3 is 2.00 bits per heavy atom. The number of ether oxygens (including phenoxy) is 1. The van der Waals surface area contributed by atoms with E-state index in [4.69, 9.17) is 4.74 Å². The lowest BCUT2D eigenvalue weighted by Crippen LogP contribution is -2.42. The Bertz CT molecular complexity index is 979. The third-order valence-electron chi connectivity index (χ3n) is 6.52. The first kappa shape index (κ1) is 32.4. The van der Waals surface area contributed by atoms with Crippen LogP contribution in [0.2, 0.25) is 0 Å². The number of rotatable bonds is 18. The first-order valence-electron chi connectivity index (χ1n) is 14.5. The van der Waals surface area contributed by atoms with Crippen LogP contribution in [0.25, 0.3) is 0 Å². The fourth-order valence-corrected chi connectivity index (χ4v) is 5.47. The normalized spacial score (nSPS) is 18.9. The molecule has 0 bridgehead atoms. The van der Waals surface area contributed by atoms with Crippen LogP contribution in [0, 0.1) is 0 Å². The third kappa shape index (κ3) is 12.3. The van der Waals surface area contributed by atoms with E-state index in [1.54, 1.807) is 11.8 Å². The van der Waals surface area contributed by atoms with Crippen molar-refractivity contribution in [1.29, 1.82) is 0 Å². The smallest absolute Gasteiger partial charge is 0.417 e. The number of amides is 2. The summed E-state index contributed by atoms with van der Waals surface area (Å²) in [5, 5.41) is -0.219. The summed E-state index contributed by atoms with van der Waals surface area (Å²) in [6.07, 6.45) is 30.2. The van der Waals surface area contributed by atoms with E-state index in [2.05, 4.69) is 67.7 Å². The number of nitrogens with zero attached hydrogens (tertiary/aromatic N) is 1. The van der Waals surface area contributed by atoms with Gasteiger partial charge in [-0.15, -0.1) is 11.8 Å². The fraction of sp³-hybridized carbons (Fsp3) is 0.471. The summed E-state index contributed by atoms with van der Waals surface area (Å²) in [5.74, 6) is 0.783. The molecule has 4 nitrogen and oxygen atoms in total. The number of carbonyl (C=O) groups excluding carboxylic acids is 2. The van der Waals surface area contributed by atoms with Gasteiger partial charge >= 0.3 is 6.09 Å². The predicted octanol–water partition coefficient (Wildman–Crippen LogP) is 9.53. The molecule has 0 N–H and O–H groups in total. The van der Waals surface area contributed by atoms with Crippen LogP contribution in [0.1, 0.15) is 90.2 Å². The van der Waals surface area contributed by atoms with E-state index in [1.165, 1.54) is 4.90 Å². The van der Waals surface area contributed by atoms with E-state index in [9.17, 15) is 9.59 Å². The largest absolute Gasteiger partial charge is 0.439 e. The number of hydrogen-bond acceptors (Lipinski definition) is 4. The van der Waals surface area contributed by atoms with Crippen molar-refractivity contribution in [3.05, 3.63) is 96.7 Å². The number of carbonyl (C=O) groups is 2. The Kier molecular flexibility index (Phi) is 16.8. The molecular weight excluding hydrogens is 502 g/mol. The summed E-state index contributed by atoms with van der Waals surface area (Å²) in [6.45, 7) is 6.05. The molecule has 1 aliphatic heterocycles. The molecule has 5 heteroatoms. The molecule has 39 heavy (non-hydrogen) atoms. The Morgan fingerprint density at radius 1 is 0.872 bits per heavy atom. The average Bonchev–Trinajstić information content (AvgIpc) is 3.25. The molecule has 0 spiro atoms. The fourth-order valence-electron chi connectivity index (χ4n) is 4.32. The minimum absolute atomic E-state index is 0.128. The van der Waals surface area contributed by atoms with Crippen LogP contribution in [0.5, 0.6) is 0 Å². The summed E-state index contributed by atoms with van der Waals surface area (Å²) in [4.78, 5) is 27.0. The van der Waals surface area contributed by atoms with Gasteiger partial charge in [0.15, 0.2) is 0 Å². The molecule has 0 unspecified atom stereocenters. The molecule has 0 aromatic heterocycles. The molecular formula is C34H47NO3S. The number of unbranched alkanes of at least 4 members (excludes halogenated alkanes) is 2. The molecule has 1 saturated heterocycles. The molecule has 3 atom stereocenters. The lowest BCUT2D eigenvalue weighted by Gasteiger charge is -2.23. The lowest BCUT2D eigenvalue weighted by atomic mass is 10.0. The molecule has 1 heterocycles. The minimum atomic E-state index is -0.529. The number of allylic oxidation sites excluding steroid dienone is 10. The molecule has 1 aromatic rings. The Morgan fingerprint density at radius 2 is 1.44 bits per heavy atom. The van der Waals surface area contributed by atoms with Gasteiger partial charge < -0.3 is 4.74 Å². The summed E-state index contributed by atoms with van der Waals surface area (Å²) in [7, 11) is 0. The number of thioether (sulfide) groups is 1. The van der Waals surface area contributed by atoms with Crippen molar-refractivity contribution >= 4 is 23.8 Å². The van der Waals surface area contributed by atoms with Crippen LogP contribution in [-0.2, 0) is 9.53 Å². The first-order chi connectivity index (χ1) is 19.1. The highest BCUT2D eigenvalue weighted by molar-refractivity contribution is 8.00. The van der Waals surface area contributed by atoms with Crippen molar-refractivity contribution in [2.75, 3.05) is 5.75 Å². The molecule has 1 aliphatic rings. The highest BCUT2D eigenvalue weighted by Crippen LogP contribution is 2.34.